The zero-order valence-corrected chi connectivity index (χ0v) is 12.1. The minimum absolute atomic E-state index is 0.148. The standard InChI is InChI=1S/C16H15BrO/c1-11-3-6-13(7-4-11)10-16(18)14-9-12(2)5-8-15(14)17/h3-9H,10H2,1-2H3. The van der Waals surface area contributed by atoms with Crippen LogP contribution in [-0.4, -0.2) is 5.78 Å². The van der Waals surface area contributed by atoms with Gasteiger partial charge in [0, 0.05) is 16.5 Å². The fourth-order valence-corrected chi connectivity index (χ4v) is 2.31. The van der Waals surface area contributed by atoms with Gasteiger partial charge in [0.25, 0.3) is 0 Å². The first-order valence-corrected chi connectivity index (χ1v) is 6.70. The van der Waals surface area contributed by atoms with Crippen LogP contribution in [0.2, 0.25) is 0 Å². The normalized spacial score (nSPS) is 10.4. The van der Waals surface area contributed by atoms with Gasteiger partial charge < -0.3 is 0 Å². The van der Waals surface area contributed by atoms with E-state index in [9.17, 15) is 4.79 Å². The molecule has 2 heteroatoms. The smallest absolute Gasteiger partial charge is 0.168 e. The fourth-order valence-electron chi connectivity index (χ4n) is 1.84. The van der Waals surface area contributed by atoms with E-state index in [1.807, 2.05) is 56.3 Å². The number of rotatable bonds is 3. The molecular weight excluding hydrogens is 288 g/mol. The first-order valence-electron chi connectivity index (χ1n) is 5.91. The van der Waals surface area contributed by atoms with E-state index in [1.165, 1.54) is 5.56 Å². The number of Topliss-reactive ketones (excluding diaryl/α,β-unsaturated/α-hetero) is 1. The van der Waals surface area contributed by atoms with Gasteiger partial charge in [-0.3, -0.25) is 4.79 Å². The van der Waals surface area contributed by atoms with Crippen LogP contribution >= 0.6 is 15.9 Å². The first-order chi connectivity index (χ1) is 8.56. The summed E-state index contributed by atoms with van der Waals surface area (Å²) in [6, 6.07) is 13.9. The Bertz CT molecular complexity index is 570. The zero-order chi connectivity index (χ0) is 13.1. The fraction of sp³-hybridized carbons (Fsp3) is 0.188. The minimum Gasteiger partial charge on any atom is -0.294 e. The Labute approximate surface area is 116 Å². The van der Waals surface area contributed by atoms with Crippen LogP contribution in [0.3, 0.4) is 0 Å². The maximum Gasteiger partial charge on any atom is 0.168 e. The maximum absolute atomic E-state index is 12.2. The van der Waals surface area contributed by atoms with Gasteiger partial charge in [-0.25, -0.2) is 0 Å². The van der Waals surface area contributed by atoms with E-state index < -0.39 is 0 Å². The van der Waals surface area contributed by atoms with Crippen LogP contribution in [0.15, 0.2) is 46.9 Å². The van der Waals surface area contributed by atoms with Crippen molar-refractivity contribution >= 4 is 21.7 Å². The van der Waals surface area contributed by atoms with E-state index in [0.29, 0.717) is 6.42 Å². The quantitative estimate of drug-likeness (QED) is 0.763. The van der Waals surface area contributed by atoms with E-state index in [4.69, 9.17) is 0 Å². The molecule has 0 bridgehead atoms. The number of aryl methyl sites for hydroxylation is 2. The summed E-state index contributed by atoms with van der Waals surface area (Å²) in [7, 11) is 0. The number of benzene rings is 2. The molecule has 0 N–H and O–H groups in total. The predicted molar refractivity (Wildman–Crippen MR) is 78.1 cm³/mol. The Morgan fingerprint density at radius 1 is 1.00 bits per heavy atom. The monoisotopic (exact) mass is 302 g/mol. The predicted octanol–water partition coefficient (Wildman–Crippen LogP) is 4.49. The summed E-state index contributed by atoms with van der Waals surface area (Å²) >= 11 is 3.44. The van der Waals surface area contributed by atoms with Crippen LogP contribution in [0, 0.1) is 13.8 Å². The van der Waals surface area contributed by atoms with Crippen LogP contribution < -0.4 is 0 Å². The van der Waals surface area contributed by atoms with Crippen LogP contribution in [0.4, 0.5) is 0 Å². The van der Waals surface area contributed by atoms with E-state index in [0.717, 1.165) is 21.2 Å². The van der Waals surface area contributed by atoms with Gasteiger partial charge in [-0.2, -0.15) is 0 Å². The molecule has 0 radical (unpaired) electrons. The number of hydrogen-bond acceptors (Lipinski definition) is 1. The molecule has 0 amide bonds. The third-order valence-corrected chi connectivity index (χ3v) is 3.60. The van der Waals surface area contributed by atoms with Gasteiger partial charge in [0.15, 0.2) is 5.78 Å². The lowest BCUT2D eigenvalue weighted by Crippen LogP contribution is -2.04. The van der Waals surface area contributed by atoms with Gasteiger partial charge in [0.05, 0.1) is 0 Å². The second-order valence-electron chi connectivity index (χ2n) is 4.57. The zero-order valence-electron chi connectivity index (χ0n) is 10.5. The van der Waals surface area contributed by atoms with Gasteiger partial charge in [-0.05, 0) is 31.5 Å². The van der Waals surface area contributed by atoms with Gasteiger partial charge in [0.1, 0.15) is 0 Å². The van der Waals surface area contributed by atoms with E-state index >= 15 is 0 Å². The lowest BCUT2D eigenvalue weighted by Gasteiger charge is -2.05. The summed E-state index contributed by atoms with van der Waals surface area (Å²) in [5, 5.41) is 0. The summed E-state index contributed by atoms with van der Waals surface area (Å²) in [5.41, 5.74) is 4.13. The number of ketones is 1. The van der Waals surface area contributed by atoms with Crippen molar-refractivity contribution in [2.45, 2.75) is 20.3 Å². The van der Waals surface area contributed by atoms with Gasteiger partial charge >= 0.3 is 0 Å². The second kappa shape index (κ2) is 5.49. The lowest BCUT2D eigenvalue weighted by atomic mass is 10.0. The van der Waals surface area contributed by atoms with Crippen molar-refractivity contribution in [2.24, 2.45) is 0 Å². The number of carbonyl (C=O) groups excluding carboxylic acids is 1. The molecule has 0 atom stereocenters. The van der Waals surface area contributed by atoms with E-state index in [2.05, 4.69) is 15.9 Å². The molecule has 0 spiro atoms. The Kier molecular flexibility index (Phi) is 3.97. The van der Waals surface area contributed by atoms with Crippen molar-refractivity contribution in [3.8, 4) is 0 Å². The molecule has 2 rings (SSSR count). The Morgan fingerprint density at radius 2 is 1.61 bits per heavy atom. The highest BCUT2D eigenvalue weighted by Crippen LogP contribution is 2.20. The Hall–Kier alpha value is -1.41. The van der Waals surface area contributed by atoms with Crippen LogP contribution in [-0.2, 0) is 6.42 Å². The molecule has 0 saturated carbocycles. The third-order valence-electron chi connectivity index (χ3n) is 2.91. The van der Waals surface area contributed by atoms with Crippen molar-refractivity contribution in [3.05, 3.63) is 69.2 Å². The number of halogens is 1. The molecule has 0 aliphatic carbocycles. The lowest BCUT2D eigenvalue weighted by molar-refractivity contribution is 0.0992. The van der Waals surface area contributed by atoms with Gasteiger partial charge in [-0.15, -0.1) is 0 Å². The molecule has 92 valence electrons. The highest BCUT2D eigenvalue weighted by Gasteiger charge is 2.10. The summed E-state index contributed by atoms with van der Waals surface area (Å²) < 4.78 is 0.866. The molecular formula is C16H15BrO. The summed E-state index contributed by atoms with van der Waals surface area (Å²) in [6.07, 6.45) is 0.447. The number of hydrogen-bond donors (Lipinski definition) is 0. The average molecular weight is 303 g/mol. The van der Waals surface area contributed by atoms with Crippen molar-refractivity contribution in [3.63, 3.8) is 0 Å². The SMILES string of the molecule is Cc1ccc(CC(=O)c2cc(C)ccc2Br)cc1. The van der Waals surface area contributed by atoms with Gasteiger partial charge in [0.2, 0.25) is 0 Å². The molecule has 1 nitrogen and oxygen atoms in total. The van der Waals surface area contributed by atoms with Crippen molar-refractivity contribution in [1.29, 1.82) is 0 Å². The largest absolute Gasteiger partial charge is 0.294 e. The Morgan fingerprint density at radius 3 is 2.28 bits per heavy atom. The summed E-state index contributed by atoms with van der Waals surface area (Å²) in [4.78, 5) is 12.2. The molecule has 0 aliphatic heterocycles. The van der Waals surface area contributed by atoms with Crippen molar-refractivity contribution in [2.75, 3.05) is 0 Å². The maximum atomic E-state index is 12.2. The van der Waals surface area contributed by atoms with Crippen molar-refractivity contribution in [1.82, 2.24) is 0 Å². The topological polar surface area (TPSA) is 17.1 Å². The minimum atomic E-state index is 0.148. The highest BCUT2D eigenvalue weighted by molar-refractivity contribution is 9.10. The van der Waals surface area contributed by atoms with E-state index in [1.54, 1.807) is 0 Å². The number of carbonyl (C=O) groups is 1. The molecule has 18 heavy (non-hydrogen) atoms. The second-order valence-corrected chi connectivity index (χ2v) is 5.42. The van der Waals surface area contributed by atoms with Crippen LogP contribution in [0.1, 0.15) is 27.0 Å². The average Bonchev–Trinajstić information content (AvgIpc) is 2.35. The summed E-state index contributed by atoms with van der Waals surface area (Å²) in [6.45, 7) is 4.04. The van der Waals surface area contributed by atoms with E-state index in [-0.39, 0.29) is 5.78 Å². The van der Waals surface area contributed by atoms with Gasteiger partial charge in [-0.1, -0.05) is 57.4 Å². The van der Waals surface area contributed by atoms with Crippen LogP contribution in [0.25, 0.3) is 0 Å². The molecule has 0 aromatic heterocycles. The van der Waals surface area contributed by atoms with Crippen LogP contribution in [0.5, 0.6) is 0 Å². The molecule has 0 unspecified atom stereocenters. The first kappa shape index (κ1) is 13.0. The summed E-state index contributed by atoms with van der Waals surface area (Å²) in [5.74, 6) is 0.148. The molecule has 2 aromatic rings. The third kappa shape index (κ3) is 3.08. The molecule has 0 heterocycles. The highest BCUT2D eigenvalue weighted by atomic mass is 79.9. The molecule has 0 aliphatic rings. The molecule has 0 fully saturated rings. The molecule has 2 aromatic carbocycles. The van der Waals surface area contributed by atoms with Crippen molar-refractivity contribution < 1.29 is 4.79 Å². The molecule has 0 saturated heterocycles. The Balaban J connectivity index is 2.21.